The quantitative estimate of drug-likeness (QED) is 0.619. The van der Waals surface area contributed by atoms with Gasteiger partial charge in [0.25, 0.3) is 0 Å². The van der Waals surface area contributed by atoms with E-state index in [4.69, 9.17) is 9.84 Å². The molecule has 4 heteroatoms. The van der Waals surface area contributed by atoms with Crippen molar-refractivity contribution in [3.8, 4) is 5.75 Å². The molecule has 0 saturated carbocycles. The first-order chi connectivity index (χ1) is 5.74. The number of hydrogen-bond acceptors (Lipinski definition) is 3. The van der Waals surface area contributed by atoms with Crippen LogP contribution in [-0.4, -0.2) is 17.7 Å². The van der Waals surface area contributed by atoms with Gasteiger partial charge in [-0.05, 0) is 31.2 Å². The molecule has 0 fully saturated rings. The van der Waals surface area contributed by atoms with E-state index in [2.05, 4.69) is 0 Å². The molecule has 1 radical (unpaired) electrons. The van der Waals surface area contributed by atoms with Crippen molar-refractivity contribution in [2.75, 3.05) is 6.61 Å². The van der Waals surface area contributed by atoms with Crippen molar-refractivity contribution in [3.63, 3.8) is 0 Å². The maximum Gasteiger partial charge on any atom is 0.338 e. The Morgan fingerprint density at radius 2 is 1.92 bits per heavy atom. The number of phenolic OH excluding ortho intramolecular Hbond substituents is 1. The van der Waals surface area contributed by atoms with Gasteiger partial charge in [-0.1, -0.05) is 0 Å². The van der Waals surface area contributed by atoms with Crippen LogP contribution >= 0.6 is 0 Å². The predicted molar refractivity (Wildman–Crippen MR) is 44.1 cm³/mol. The molecule has 3 nitrogen and oxygen atoms in total. The van der Waals surface area contributed by atoms with Gasteiger partial charge in [-0.3, -0.25) is 0 Å². The molecule has 0 aromatic heterocycles. The second kappa shape index (κ2) is 5.62. The molecule has 75 valence electrons. The summed E-state index contributed by atoms with van der Waals surface area (Å²) in [6.07, 6.45) is 0. The van der Waals surface area contributed by atoms with Crippen molar-refractivity contribution < 1.29 is 31.7 Å². The van der Waals surface area contributed by atoms with Crippen LogP contribution in [0.3, 0.4) is 0 Å². The molecule has 0 saturated heterocycles. The number of benzene rings is 1. The van der Waals surface area contributed by atoms with E-state index >= 15 is 0 Å². The average Bonchev–Trinajstić information content (AvgIpc) is 2.06. The van der Waals surface area contributed by atoms with E-state index in [1.807, 2.05) is 0 Å². The van der Waals surface area contributed by atoms with Crippen molar-refractivity contribution in [3.05, 3.63) is 29.8 Å². The fraction of sp³-hybridized carbons (Fsp3) is 0.222. The Morgan fingerprint density at radius 3 is 2.38 bits per heavy atom. The standard InChI is InChI=1S/C9H10O3.Cu/c1-2-12-9(11)7-3-5-8(10)6-4-7;/h3-6,10H,2H2,1H3;. The summed E-state index contributed by atoms with van der Waals surface area (Å²) in [6, 6.07) is 5.94. The number of hydrogen-bond donors (Lipinski definition) is 1. The SMILES string of the molecule is CCOC(=O)c1ccc(O)cc1.[Cu]. The first-order valence-electron chi connectivity index (χ1n) is 3.70. The number of carbonyl (C=O) groups excluding carboxylic acids is 1. The molecule has 1 aromatic rings. The molecule has 0 amide bonds. The summed E-state index contributed by atoms with van der Waals surface area (Å²) >= 11 is 0. The number of carbonyl (C=O) groups is 1. The van der Waals surface area contributed by atoms with E-state index in [9.17, 15) is 4.79 Å². The van der Waals surface area contributed by atoms with Gasteiger partial charge >= 0.3 is 5.97 Å². The van der Waals surface area contributed by atoms with Crippen molar-refractivity contribution in [1.82, 2.24) is 0 Å². The van der Waals surface area contributed by atoms with Crippen LogP contribution in [0.2, 0.25) is 0 Å². The fourth-order valence-electron chi connectivity index (χ4n) is 0.812. The molecule has 0 aliphatic rings. The molecule has 0 aliphatic heterocycles. The normalized spacial score (nSPS) is 8.69. The molecule has 13 heavy (non-hydrogen) atoms. The summed E-state index contributed by atoms with van der Waals surface area (Å²) in [4.78, 5) is 11.1. The zero-order valence-corrected chi connectivity index (χ0v) is 8.02. The van der Waals surface area contributed by atoms with E-state index in [0.717, 1.165) is 0 Å². The Balaban J connectivity index is 0.00000144. The Bertz CT molecular complexity index is 269. The van der Waals surface area contributed by atoms with Gasteiger partial charge in [0.2, 0.25) is 0 Å². The number of aromatic hydroxyl groups is 1. The monoisotopic (exact) mass is 229 g/mol. The number of rotatable bonds is 2. The van der Waals surface area contributed by atoms with Gasteiger partial charge in [0.05, 0.1) is 12.2 Å². The maximum absolute atomic E-state index is 11.1. The maximum atomic E-state index is 11.1. The van der Waals surface area contributed by atoms with Crippen molar-refractivity contribution in [2.24, 2.45) is 0 Å². The number of esters is 1. The minimum absolute atomic E-state index is 0. The summed E-state index contributed by atoms with van der Waals surface area (Å²) < 4.78 is 4.75. The summed E-state index contributed by atoms with van der Waals surface area (Å²) in [7, 11) is 0. The van der Waals surface area contributed by atoms with Gasteiger partial charge in [0.15, 0.2) is 0 Å². The van der Waals surface area contributed by atoms with Crippen LogP contribution in [0.25, 0.3) is 0 Å². The van der Waals surface area contributed by atoms with Crippen molar-refractivity contribution in [2.45, 2.75) is 6.92 Å². The van der Waals surface area contributed by atoms with E-state index in [1.165, 1.54) is 24.3 Å². The predicted octanol–water partition coefficient (Wildman–Crippen LogP) is 1.57. The fourth-order valence-corrected chi connectivity index (χ4v) is 0.812. The molecular weight excluding hydrogens is 220 g/mol. The summed E-state index contributed by atoms with van der Waals surface area (Å²) in [5.41, 5.74) is 0.453. The van der Waals surface area contributed by atoms with Gasteiger partial charge in [-0.15, -0.1) is 0 Å². The molecule has 1 rings (SSSR count). The van der Waals surface area contributed by atoms with Crippen molar-refractivity contribution in [1.29, 1.82) is 0 Å². The van der Waals surface area contributed by atoms with Gasteiger partial charge in [0, 0.05) is 17.1 Å². The first kappa shape index (κ1) is 12.0. The van der Waals surface area contributed by atoms with E-state index in [0.29, 0.717) is 12.2 Å². The Hall–Kier alpha value is -0.991. The van der Waals surface area contributed by atoms with Crippen LogP contribution in [0.15, 0.2) is 24.3 Å². The molecule has 0 atom stereocenters. The molecule has 0 unspecified atom stereocenters. The van der Waals surface area contributed by atoms with Crippen LogP contribution in [0.1, 0.15) is 17.3 Å². The summed E-state index contributed by atoms with van der Waals surface area (Å²) in [5.74, 6) is -0.222. The van der Waals surface area contributed by atoms with Crippen LogP contribution in [0, 0.1) is 0 Å². The van der Waals surface area contributed by atoms with Crippen LogP contribution < -0.4 is 0 Å². The largest absolute Gasteiger partial charge is 0.508 e. The van der Waals surface area contributed by atoms with Crippen LogP contribution in [-0.2, 0) is 21.8 Å². The smallest absolute Gasteiger partial charge is 0.338 e. The second-order valence-electron chi connectivity index (χ2n) is 2.27. The van der Waals surface area contributed by atoms with Gasteiger partial charge in [-0.2, -0.15) is 0 Å². The minimum atomic E-state index is -0.363. The van der Waals surface area contributed by atoms with Crippen molar-refractivity contribution >= 4 is 5.97 Å². The van der Waals surface area contributed by atoms with Crippen LogP contribution in [0.5, 0.6) is 5.75 Å². The number of ether oxygens (including phenoxy) is 1. The second-order valence-corrected chi connectivity index (χ2v) is 2.27. The van der Waals surface area contributed by atoms with E-state index in [-0.39, 0.29) is 28.8 Å². The number of phenols is 1. The zero-order valence-electron chi connectivity index (χ0n) is 7.08. The topological polar surface area (TPSA) is 46.5 Å². The average molecular weight is 230 g/mol. The zero-order chi connectivity index (χ0) is 8.97. The van der Waals surface area contributed by atoms with E-state index in [1.54, 1.807) is 6.92 Å². The molecule has 0 bridgehead atoms. The first-order valence-corrected chi connectivity index (χ1v) is 3.70. The van der Waals surface area contributed by atoms with E-state index < -0.39 is 0 Å². The molecule has 0 heterocycles. The Morgan fingerprint density at radius 1 is 1.38 bits per heavy atom. The molecular formula is C9H10CuO3. The van der Waals surface area contributed by atoms with Gasteiger partial charge in [-0.25, -0.2) is 4.79 Å². The third kappa shape index (κ3) is 3.49. The summed E-state index contributed by atoms with van der Waals surface area (Å²) in [6.45, 7) is 2.11. The molecule has 0 aliphatic carbocycles. The third-order valence-corrected chi connectivity index (χ3v) is 1.38. The molecule has 1 aromatic carbocycles. The van der Waals surface area contributed by atoms with Crippen LogP contribution in [0.4, 0.5) is 0 Å². The molecule has 0 spiro atoms. The third-order valence-electron chi connectivity index (χ3n) is 1.38. The minimum Gasteiger partial charge on any atom is -0.508 e. The van der Waals surface area contributed by atoms with Gasteiger partial charge in [0.1, 0.15) is 5.75 Å². The molecule has 1 N–H and O–H groups in total. The van der Waals surface area contributed by atoms with Gasteiger partial charge < -0.3 is 9.84 Å². The Kier molecular flexibility index (Phi) is 5.19. The Labute approximate surface area is 87.2 Å². The summed E-state index contributed by atoms with van der Waals surface area (Å²) in [5, 5.41) is 8.92.